The van der Waals surface area contributed by atoms with Crippen molar-refractivity contribution in [2.75, 3.05) is 44.3 Å². The highest BCUT2D eigenvalue weighted by Gasteiger charge is 2.21. The van der Waals surface area contributed by atoms with E-state index in [0.717, 1.165) is 31.6 Å². The molecule has 1 aliphatic heterocycles. The Bertz CT molecular complexity index is 503. The van der Waals surface area contributed by atoms with E-state index in [-0.39, 0.29) is 5.91 Å². The number of likely N-dealkylation sites (N-methyl/N-ethyl adjacent to an activating group) is 1. The quantitative estimate of drug-likeness (QED) is 0.829. The molecule has 1 amide bonds. The molecule has 21 heavy (non-hydrogen) atoms. The largest absolute Gasteiger partial charge is 0.397 e. The van der Waals surface area contributed by atoms with Crippen LogP contribution in [-0.2, 0) is 4.79 Å². The Balaban J connectivity index is 1.94. The molecule has 1 fully saturated rings. The second-order valence-corrected chi connectivity index (χ2v) is 6.07. The number of nitrogen functional groups attached to an aromatic ring is 1. The lowest BCUT2D eigenvalue weighted by Crippen LogP contribution is -2.42. The first-order valence-electron chi connectivity index (χ1n) is 7.54. The summed E-state index contributed by atoms with van der Waals surface area (Å²) in [5.74, 6) is 0.00181. The molecule has 1 atom stereocenters. The number of nitrogens with two attached hydrogens (primary N) is 1. The van der Waals surface area contributed by atoms with E-state index in [0.29, 0.717) is 24.0 Å². The Labute approximate surface area is 127 Å². The van der Waals surface area contributed by atoms with Gasteiger partial charge in [-0.3, -0.25) is 9.69 Å². The van der Waals surface area contributed by atoms with Crippen LogP contribution in [0.2, 0.25) is 0 Å². The monoisotopic (exact) mass is 290 g/mol. The molecule has 116 valence electrons. The van der Waals surface area contributed by atoms with Gasteiger partial charge in [0.2, 0.25) is 5.91 Å². The topological polar surface area (TPSA) is 61.6 Å². The summed E-state index contributed by atoms with van der Waals surface area (Å²) < 4.78 is 0. The fourth-order valence-corrected chi connectivity index (χ4v) is 2.83. The molecule has 1 heterocycles. The summed E-state index contributed by atoms with van der Waals surface area (Å²) in [5, 5.41) is 2.92. The predicted octanol–water partition coefficient (Wildman–Crippen LogP) is 1.54. The molecule has 1 aliphatic rings. The number of amides is 1. The Morgan fingerprint density at radius 3 is 2.90 bits per heavy atom. The van der Waals surface area contributed by atoms with Gasteiger partial charge in [-0.2, -0.15) is 0 Å². The second-order valence-electron chi connectivity index (χ2n) is 6.07. The Hall–Kier alpha value is -1.59. The molecular weight excluding hydrogens is 264 g/mol. The van der Waals surface area contributed by atoms with Crippen LogP contribution in [0.5, 0.6) is 0 Å². The van der Waals surface area contributed by atoms with Gasteiger partial charge in [-0.15, -0.1) is 0 Å². The smallest absolute Gasteiger partial charge is 0.238 e. The van der Waals surface area contributed by atoms with E-state index in [1.165, 1.54) is 0 Å². The van der Waals surface area contributed by atoms with Gasteiger partial charge >= 0.3 is 0 Å². The van der Waals surface area contributed by atoms with Crippen LogP contribution < -0.4 is 11.1 Å². The molecule has 1 aromatic rings. The van der Waals surface area contributed by atoms with Crippen molar-refractivity contribution in [2.45, 2.75) is 26.3 Å². The minimum Gasteiger partial charge on any atom is -0.397 e. The molecule has 0 aromatic heterocycles. The number of aryl methyl sites for hydroxylation is 1. The fourth-order valence-electron chi connectivity index (χ4n) is 2.83. The third-order valence-corrected chi connectivity index (χ3v) is 4.01. The van der Waals surface area contributed by atoms with Crippen molar-refractivity contribution in [1.82, 2.24) is 9.80 Å². The van der Waals surface area contributed by atoms with E-state index in [4.69, 9.17) is 5.73 Å². The predicted molar refractivity (Wildman–Crippen MR) is 87.4 cm³/mol. The van der Waals surface area contributed by atoms with E-state index in [1.807, 2.05) is 25.1 Å². The zero-order valence-corrected chi connectivity index (χ0v) is 13.2. The number of rotatable bonds is 3. The average molecular weight is 290 g/mol. The lowest BCUT2D eigenvalue weighted by molar-refractivity contribution is -0.117. The molecule has 2 rings (SSSR count). The molecule has 0 spiro atoms. The first kappa shape index (κ1) is 15.8. The molecular formula is C16H26N4O. The van der Waals surface area contributed by atoms with Gasteiger partial charge in [0, 0.05) is 19.1 Å². The summed E-state index contributed by atoms with van der Waals surface area (Å²) in [6.07, 6.45) is 1.10. The van der Waals surface area contributed by atoms with Gasteiger partial charge in [0.1, 0.15) is 0 Å². The molecule has 1 aromatic carbocycles. The van der Waals surface area contributed by atoms with Crippen LogP contribution in [0.1, 0.15) is 18.9 Å². The van der Waals surface area contributed by atoms with Crippen LogP contribution in [0.15, 0.2) is 18.2 Å². The van der Waals surface area contributed by atoms with Crippen LogP contribution in [0.3, 0.4) is 0 Å². The third kappa shape index (κ3) is 4.44. The number of hydrogen-bond donors (Lipinski definition) is 2. The maximum Gasteiger partial charge on any atom is 0.238 e. The molecule has 0 saturated carbocycles. The van der Waals surface area contributed by atoms with Crippen molar-refractivity contribution >= 4 is 17.3 Å². The standard InChI is InChI=1S/C16H26N4O/c1-12-5-6-15(14(17)9-12)18-16(21)11-20-8-4-7-19(3)10-13(20)2/h5-6,9,13H,4,7-8,10-11,17H2,1-3H3,(H,18,21). The third-order valence-electron chi connectivity index (χ3n) is 4.01. The van der Waals surface area contributed by atoms with Crippen LogP contribution >= 0.6 is 0 Å². The highest BCUT2D eigenvalue weighted by atomic mass is 16.2. The summed E-state index contributed by atoms with van der Waals surface area (Å²) >= 11 is 0. The van der Waals surface area contributed by atoms with E-state index >= 15 is 0 Å². The number of nitrogens with zero attached hydrogens (tertiary/aromatic N) is 2. The van der Waals surface area contributed by atoms with Crippen LogP contribution in [-0.4, -0.2) is 55.0 Å². The van der Waals surface area contributed by atoms with Crippen LogP contribution in [0.4, 0.5) is 11.4 Å². The molecule has 0 aliphatic carbocycles. The van der Waals surface area contributed by atoms with Crippen molar-refractivity contribution in [3.8, 4) is 0 Å². The zero-order chi connectivity index (χ0) is 15.4. The van der Waals surface area contributed by atoms with Gasteiger partial charge in [0.05, 0.1) is 17.9 Å². The van der Waals surface area contributed by atoms with Crippen molar-refractivity contribution in [3.63, 3.8) is 0 Å². The summed E-state index contributed by atoms with van der Waals surface area (Å²) in [6.45, 7) is 7.63. The number of carbonyl (C=O) groups excluding carboxylic acids is 1. The van der Waals surface area contributed by atoms with Gasteiger partial charge in [-0.05, 0) is 51.6 Å². The Kier molecular flexibility index (Phi) is 5.20. The number of anilines is 2. The first-order valence-corrected chi connectivity index (χ1v) is 7.54. The van der Waals surface area contributed by atoms with Crippen LogP contribution in [0.25, 0.3) is 0 Å². The minimum absolute atomic E-state index is 0.00181. The van der Waals surface area contributed by atoms with Gasteiger partial charge in [-0.25, -0.2) is 0 Å². The first-order chi connectivity index (χ1) is 9.95. The van der Waals surface area contributed by atoms with Crippen molar-refractivity contribution in [1.29, 1.82) is 0 Å². The maximum atomic E-state index is 12.2. The number of carbonyl (C=O) groups is 1. The fraction of sp³-hybridized carbons (Fsp3) is 0.562. The maximum absolute atomic E-state index is 12.2. The Morgan fingerprint density at radius 1 is 1.43 bits per heavy atom. The number of hydrogen-bond acceptors (Lipinski definition) is 4. The van der Waals surface area contributed by atoms with E-state index < -0.39 is 0 Å². The van der Waals surface area contributed by atoms with Gasteiger partial charge in [0.15, 0.2) is 0 Å². The Morgan fingerprint density at radius 2 is 2.19 bits per heavy atom. The van der Waals surface area contributed by atoms with Gasteiger partial charge in [0.25, 0.3) is 0 Å². The highest BCUT2D eigenvalue weighted by Crippen LogP contribution is 2.19. The van der Waals surface area contributed by atoms with E-state index in [9.17, 15) is 4.79 Å². The SMILES string of the molecule is Cc1ccc(NC(=O)CN2CCCN(C)CC2C)c(N)c1. The van der Waals surface area contributed by atoms with E-state index in [1.54, 1.807) is 0 Å². The minimum atomic E-state index is 0.00181. The lowest BCUT2D eigenvalue weighted by atomic mass is 10.2. The van der Waals surface area contributed by atoms with Gasteiger partial charge < -0.3 is 16.0 Å². The van der Waals surface area contributed by atoms with Crippen LogP contribution in [0, 0.1) is 6.92 Å². The summed E-state index contributed by atoms with van der Waals surface area (Å²) in [4.78, 5) is 16.8. The molecule has 5 nitrogen and oxygen atoms in total. The summed E-state index contributed by atoms with van der Waals surface area (Å²) in [7, 11) is 2.13. The summed E-state index contributed by atoms with van der Waals surface area (Å²) in [5.41, 5.74) is 8.35. The number of benzene rings is 1. The molecule has 3 N–H and O–H groups in total. The molecule has 1 saturated heterocycles. The second kappa shape index (κ2) is 6.91. The van der Waals surface area contributed by atoms with Crippen molar-refractivity contribution in [2.24, 2.45) is 0 Å². The molecule has 5 heteroatoms. The van der Waals surface area contributed by atoms with Crippen molar-refractivity contribution in [3.05, 3.63) is 23.8 Å². The zero-order valence-electron chi connectivity index (χ0n) is 13.2. The molecule has 0 radical (unpaired) electrons. The highest BCUT2D eigenvalue weighted by molar-refractivity contribution is 5.95. The average Bonchev–Trinajstić information content (AvgIpc) is 2.55. The summed E-state index contributed by atoms with van der Waals surface area (Å²) in [6, 6.07) is 6.08. The van der Waals surface area contributed by atoms with Crippen molar-refractivity contribution < 1.29 is 4.79 Å². The molecule has 0 bridgehead atoms. The molecule has 1 unspecified atom stereocenters. The normalized spacial score (nSPS) is 21.0. The number of nitrogens with one attached hydrogen (secondary N) is 1. The van der Waals surface area contributed by atoms with E-state index in [2.05, 4.69) is 29.1 Å². The lowest BCUT2D eigenvalue weighted by Gasteiger charge is -2.27. The van der Waals surface area contributed by atoms with Gasteiger partial charge in [-0.1, -0.05) is 6.07 Å².